The standard InChI is InChI=1S/C16H14ClN5/c17-14-8-11(7-13-10-19-5-6-20-13)1-2-12(14)9-16-21-4-3-15(18)22-16/h1-6,8,10H,7,9H2,(H2,18,21,22). The Kier molecular flexibility index (Phi) is 4.25. The molecule has 0 amide bonds. The molecule has 0 radical (unpaired) electrons. The number of benzene rings is 1. The second kappa shape index (κ2) is 6.49. The summed E-state index contributed by atoms with van der Waals surface area (Å²) in [5, 5.41) is 0.687. The summed E-state index contributed by atoms with van der Waals surface area (Å²) in [5.74, 6) is 1.11. The Bertz CT molecular complexity index is 776. The third-order valence-electron chi connectivity index (χ3n) is 3.19. The van der Waals surface area contributed by atoms with Crippen LogP contribution in [0.3, 0.4) is 0 Å². The molecule has 2 N–H and O–H groups in total. The molecule has 3 aromatic rings. The van der Waals surface area contributed by atoms with E-state index in [0.717, 1.165) is 16.8 Å². The number of hydrogen-bond donors (Lipinski definition) is 1. The molecule has 0 saturated carbocycles. The first kappa shape index (κ1) is 14.4. The number of halogens is 1. The molecule has 0 atom stereocenters. The summed E-state index contributed by atoms with van der Waals surface area (Å²) in [6.45, 7) is 0. The van der Waals surface area contributed by atoms with Gasteiger partial charge in [0, 0.05) is 42.7 Å². The predicted octanol–water partition coefficient (Wildman–Crippen LogP) is 2.68. The zero-order valence-electron chi connectivity index (χ0n) is 11.8. The van der Waals surface area contributed by atoms with Crippen molar-refractivity contribution in [3.8, 4) is 0 Å². The first-order valence-corrected chi connectivity index (χ1v) is 7.18. The molecule has 110 valence electrons. The topological polar surface area (TPSA) is 77.6 Å². The van der Waals surface area contributed by atoms with E-state index < -0.39 is 0 Å². The van der Waals surface area contributed by atoms with E-state index >= 15 is 0 Å². The average Bonchev–Trinajstić information content (AvgIpc) is 2.51. The van der Waals surface area contributed by atoms with Crippen molar-refractivity contribution in [3.63, 3.8) is 0 Å². The van der Waals surface area contributed by atoms with E-state index in [-0.39, 0.29) is 0 Å². The van der Waals surface area contributed by atoms with Crippen LogP contribution < -0.4 is 5.73 Å². The van der Waals surface area contributed by atoms with E-state index in [2.05, 4.69) is 19.9 Å². The van der Waals surface area contributed by atoms with Crippen molar-refractivity contribution < 1.29 is 0 Å². The molecule has 6 heteroatoms. The normalized spacial score (nSPS) is 10.6. The zero-order chi connectivity index (χ0) is 15.4. The monoisotopic (exact) mass is 311 g/mol. The highest BCUT2D eigenvalue weighted by molar-refractivity contribution is 6.31. The molecule has 22 heavy (non-hydrogen) atoms. The lowest BCUT2D eigenvalue weighted by Crippen LogP contribution is -2.00. The van der Waals surface area contributed by atoms with Gasteiger partial charge in [0.2, 0.25) is 0 Å². The van der Waals surface area contributed by atoms with Crippen molar-refractivity contribution in [1.82, 2.24) is 19.9 Å². The predicted molar refractivity (Wildman–Crippen MR) is 85.5 cm³/mol. The van der Waals surface area contributed by atoms with E-state index in [0.29, 0.717) is 29.5 Å². The van der Waals surface area contributed by atoms with Gasteiger partial charge in [-0.15, -0.1) is 0 Å². The van der Waals surface area contributed by atoms with Gasteiger partial charge in [-0.1, -0.05) is 23.7 Å². The van der Waals surface area contributed by atoms with Crippen molar-refractivity contribution in [2.45, 2.75) is 12.8 Å². The maximum atomic E-state index is 6.36. The Balaban J connectivity index is 1.77. The second-order valence-electron chi connectivity index (χ2n) is 4.87. The lowest BCUT2D eigenvalue weighted by atomic mass is 10.1. The summed E-state index contributed by atoms with van der Waals surface area (Å²) in [7, 11) is 0. The minimum absolute atomic E-state index is 0.459. The van der Waals surface area contributed by atoms with Crippen LogP contribution in [-0.2, 0) is 12.8 Å². The van der Waals surface area contributed by atoms with Crippen LogP contribution in [0.1, 0.15) is 22.6 Å². The fourth-order valence-corrected chi connectivity index (χ4v) is 2.41. The first-order valence-electron chi connectivity index (χ1n) is 6.80. The van der Waals surface area contributed by atoms with Crippen LogP contribution in [0.2, 0.25) is 5.02 Å². The molecular weight excluding hydrogens is 298 g/mol. The maximum Gasteiger partial charge on any atom is 0.135 e. The van der Waals surface area contributed by atoms with Crippen LogP contribution in [0.4, 0.5) is 5.82 Å². The summed E-state index contributed by atoms with van der Waals surface area (Å²) in [4.78, 5) is 16.7. The summed E-state index contributed by atoms with van der Waals surface area (Å²) >= 11 is 6.36. The number of nitrogens with zero attached hydrogens (tertiary/aromatic N) is 4. The van der Waals surface area contributed by atoms with Gasteiger partial charge in [0.25, 0.3) is 0 Å². The van der Waals surface area contributed by atoms with E-state index in [4.69, 9.17) is 17.3 Å². The lowest BCUT2D eigenvalue weighted by molar-refractivity contribution is 0.970. The van der Waals surface area contributed by atoms with Crippen LogP contribution in [-0.4, -0.2) is 19.9 Å². The number of anilines is 1. The van der Waals surface area contributed by atoms with Crippen molar-refractivity contribution in [2.24, 2.45) is 0 Å². The second-order valence-corrected chi connectivity index (χ2v) is 5.28. The Hall–Kier alpha value is -2.53. The summed E-state index contributed by atoms with van der Waals surface area (Å²) in [6.07, 6.45) is 7.99. The zero-order valence-corrected chi connectivity index (χ0v) is 12.5. The molecule has 0 aliphatic heterocycles. The van der Waals surface area contributed by atoms with Crippen molar-refractivity contribution in [3.05, 3.63) is 76.7 Å². The molecule has 0 bridgehead atoms. The molecule has 0 saturated heterocycles. The third kappa shape index (κ3) is 3.56. The van der Waals surface area contributed by atoms with Crippen LogP contribution in [0.5, 0.6) is 0 Å². The molecule has 2 aromatic heterocycles. The SMILES string of the molecule is Nc1ccnc(Cc2ccc(Cc3cnccn3)cc2Cl)n1. The Labute approximate surface area is 133 Å². The van der Waals surface area contributed by atoms with Crippen molar-refractivity contribution >= 4 is 17.4 Å². The average molecular weight is 312 g/mol. The number of aromatic nitrogens is 4. The Morgan fingerprint density at radius 3 is 2.64 bits per heavy atom. The van der Waals surface area contributed by atoms with Gasteiger partial charge in [-0.25, -0.2) is 9.97 Å². The van der Waals surface area contributed by atoms with Crippen molar-refractivity contribution in [2.75, 3.05) is 5.73 Å². The largest absolute Gasteiger partial charge is 0.384 e. The molecule has 3 rings (SSSR count). The van der Waals surface area contributed by atoms with Crippen LogP contribution >= 0.6 is 11.6 Å². The van der Waals surface area contributed by atoms with Crippen LogP contribution in [0.15, 0.2) is 49.1 Å². The molecular formula is C16H14ClN5. The third-order valence-corrected chi connectivity index (χ3v) is 3.55. The highest BCUT2D eigenvalue weighted by atomic mass is 35.5. The quantitative estimate of drug-likeness (QED) is 0.801. The minimum atomic E-state index is 0.459. The molecule has 0 spiro atoms. The van der Waals surface area contributed by atoms with Gasteiger partial charge in [-0.05, 0) is 23.3 Å². The van der Waals surface area contributed by atoms with Gasteiger partial charge in [-0.2, -0.15) is 0 Å². The molecule has 2 heterocycles. The summed E-state index contributed by atoms with van der Waals surface area (Å²) in [6, 6.07) is 7.62. The van der Waals surface area contributed by atoms with Crippen molar-refractivity contribution in [1.29, 1.82) is 0 Å². The molecule has 0 aliphatic rings. The van der Waals surface area contributed by atoms with Gasteiger partial charge < -0.3 is 5.73 Å². The summed E-state index contributed by atoms with van der Waals surface area (Å²) < 4.78 is 0. The van der Waals surface area contributed by atoms with Gasteiger partial charge in [0.05, 0.1) is 5.69 Å². The van der Waals surface area contributed by atoms with E-state index in [9.17, 15) is 0 Å². The number of nitrogens with two attached hydrogens (primary N) is 1. The Morgan fingerprint density at radius 1 is 1.00 bits per heavy atom. The number of rotatable bonds is 4. The van der Waals surface area contributed by atoms with E-state index in [1.54, 1.807) is 30.9 Å². The molecule has 5 nitrogen and oxygen atoms in total. The van der Waals surface area contributed by atoms with Gasteiger partial charge in [0.1, 0.15) is 11.6 Å². The lowest BCUT2D eigenvalue weighted by Gasteiger charge is -2.07. The van der Waals surface area contributed by atoms with Gasteiger partial charge >= 0.3 is 0 Å². The first-order chi connectivity index (χ1) is 10.7. The number of hydrogen-bond acceptors (Lipinski definition) is 5. The fraction of sp³-hybridized carbons (Fsp3) is 0.125. The molecule has 0 fully saturated rings. The molecule has 1 aromatic carbocycles. The summed E-state index contributed by atoms with van der Waals surface area (Å²) in [5.41, 5.74) is 8.62. The molecule has 0 unspecified atom stereocenters. The smallest absolute Gasteiger partial charge is 0.135 e. The van der Waals surface area contributed by atoms with Gasteiger partial charge in [0.15, 0.2) is 0 Å². The van der Waals surface area contributed by atoms with Crippen LogP contribution in [0, 0.1) is 0 Å². The minimum Gasteiger partial charge on any atom is -0.384 e. The fourth-order valence-electron chi connectivity index (χ4n) is 2.14. The van der Waals surface area contributed by atoms with E-state index in [1.807, 2.05) is 18.2 Å². The van der Waals surface area contributed by atoms with E-state index in [1.165, 1.54) is 0 Å². The van der Waals surface area contributed by atoms with Gasteiger partial charge in [-0.3, -0.25) is 9.97 Å². The highest BCUT2D eigenvalue weighted by Crippen LogP contribution is 2.21. The Morgan fingerprint density at radius 2 is 1.91 bits per heavy atom. The molecule has 0 aliphatic carbocycles. The maximum absolute atomic E-state index is 6.36. The number of nitrogen functional groups attached to an aromatic ring is 1. The highest BCUT2D eigenvalue weighted by Gasteiger charge is 2.07. The van der Waals surface area contributed by atoms with Crippen LogP contribution in [0.25, 0.3) is 0 Å².